The van der Waals surface area contributed by atoms with Gasteiger partial charge in [-0.1, -0.05) is 11.8 Å². The van der Waals surface area contributed by atoms with Crippen molar-refractivity contribution in [1.29, 1.82) is 0 Å². The van der Waals surface area contributed by atoms with Gasteiger partial charge in [0.25, 0.3) is 0 Å². The third kappa shape index (κ3) is 4.35. The van der Waals surface area contributed by atoms with Crippen molar-refractivity contribution in [3.63, 3.8) is 0 Å². The summed E-state index contributed by atoms with van der Waals surface area (Å²) in [6.07, 6.45) is 7.81. The van der Waals surface area contributed by atoms with E-state index < -0.39 is 0 Å². The SMILES string of the molecule is Cc1nccn1[C@@H](C)CC(=O)NCCSc1nccn1C. The second kappa shape index (κ2) is 7.31. The van der Waals surface area contributed by atoms with Gasteiger partial charge in [0, 0.05) is 56.6 Å². The summed E-state index contributed by atoms with van der Waals surface area (Å²) in [4.78, 5) is 20.3. The molecule has 0 aliphatic rings. The molecule has 0 radical (unpaired) electrons. The maximum absolute atomic E-state index is 11.9. The van der Waals surface area contributed by atoms with E-state index in [1.807, 2.05) is 42.4 Å². The molecular weight excluding hydrogens is 286 g/mol. The molecule has 7 heteroatoms. The number of hydrogen-bond donors (Lipinski definition) is 1. The molecule has 1 atom stereocenters. The van der Waals surface area contributed by atoms with Crippen LogP contribution in [0.3, 0.4) is 0 Å². The Bertz CT molecular complexity index is 592. The van der Waals surface area contributed by atoms with Crippen LogP contribution in [-0.2, 0) is 11.8 Å². The number of aromatic nitrogens is 4. The van der Waals surface area contributed by atoms with E-state index in [0.29, 0.717) is 13.0 Å². The largest absolute Gasteiger partial charge is 0.355 e. The topological polar surface area (TPSA) is 64.7 Å². The minimum Gasteiger partial charge on any atom is -0.355 e. The minimum atomic E-state index is 0.0658. The molecule has 0 bridgehead atoms. The van der Waals surface area contributed by atoms with E-state index in [2.05, 4.69) is 15.3 Å². The number of hydrogen-bond acceptors (Lipinski definition) is 4. The van der Waals surface area contributed by atoms with E-state index in [9.17, 15) is 4.79 Å². The lowest BCUT2D eigenvalue weighted by Gasteiger charge is -2.14. The van der Waals surface area contributed by atoms with Crippen molar-refractivity contribution in [2.24, 2.45) is 7.05 Å². The molecule has 2 rings (SSSR count). The second-order valence-electron chi connectivity index (χ2n) is 4.95. The summed E-state index contributed by atoms with van der Waals surface area (Å²) in [7, 11) is 1.96. The summed E-state index contributed by atoms with van der Waals surface area (Å²) < 4.78 is 3.98. The number of nitrogens with one attached hydrogen (secondary N) is 1. The lowest BCUT2D eigenvalue weighted by molar-refractivity contribution is -0.121. The normalized spacial score (nSPS) is 12.3. The van der Waals surface area contributed by atoms with Gasteiger partial charge in [-0.3, -0.25) is 4.79 Å². The Hall–Kier alpha value is -1.76. The van der Waals surface area contributed by atoms with Crippen LogP contribution in [0, 0.1) is 6.92 Å². The van der Waals surface area contributed by atoms with Gasteiger partial charge in [0.1, 0.15) is 5.82 Å². The Balaban J connectivity index is 1.68. The Morgan fingerprint density at radius 3 is 2.76 bits per heavy atom. The van der Waals surface area contributed by atoms with Crippen LogP contribution in [-0.4, -0.2) is 37.3 Å². The molecule has 6 nitrogen and oxygen atoms in total. The number of imidazole rings is 2. The van der Waals surface area contributed by atoms with Gasteiger partial charge >= 0.3 is 0 Å². The van der Waals surface area contributed by atoms with Crippen LogP contribution in [0.1, 0.15) is 25.2 Å². The van der Waals surface area contributed by atoms with E-state index in [1.54, 1.807) is 24.2 Å². The molecule has 0 aliphatic carbocycles. The number of carbonyl (C=O) groups is 1. The van der Waals surface area contributed by atoms with Crippen molar-refractivity contribution >= 4 is 17.7 Å². The smallest absolute Gasteiger partial charge is 0.222 e. The van der Waals surface area contributed by atoms with Gasteiger partial charge in [-0.15, -0.1) is 0 Å². The highest BCUT2D eigenvalue weighted by Gasteiger charge is 2.12. The molecular formula is C14H21N5OS. The Morgan fingerprint density at radius 2 is 2.14 bits per heavy atom. The van der Waals surface area contributed by atoms with E-state index in [0.717, 1.165) is 16.7 Å². The van der Waals surface area contributed by atoms with Crippen LogP contribution in [0.25, 0.3) is 0 Å². The van der Waals surface area contributed by atoms with Crippen molar-refractivity contribution in [2.75, 3.05) is 12.3 Å². The number of thioether (sulfide) groups is 1. The first-order valence-corrected chi connectivity index (χ1v) is 7.92. The summed E-state index contributed by atoms with van der Waals surface area (Å²) >= 11 is 1.64. The Labute approximate surface area is 129 Å². The molecule has 0 saturated heterocycles. The molecule has 2 heterocycles. The summed E-state index contributed by atoms with van der Waals surface area (Å²) in [5.41, 5.74) is 0. The number of rotatable bonds is 7. The van der Waals surface area contributed by atoms with Gasteiger partial charge < -0.3 is 14.5 Å². The zero-order chi connectivity index (χ0) is 15.2. The fourth-order valence-electron chi connectivity index (χ4n) is 2.12. The van der Waals surface area contributed by atoms with Crippen molar-refractivity contribution in [2.45, 2.75) is 31.5 Å². The third-order valence-corrected chi connectivity index (χ3v) is 4.31. The predicted octanol–water partition coefficient (Wildman–Crippen LogP) is 1.78. The van der Waals surface area contributed by atoms with Crippen LogP contribution < -0.4 is 5.32 Å². The van der Waals surface area contributed by atoms with Crippen LogP contribution in [0.4, 0.5) is 0 Å². The van der Waals surface area contributed by atoms with E-state index >= 15 is 0 Å². The quantitative estimate of drug-likeness (QED) is 0.625. The van der Waals surface area contributed by atoms with Crippen LogP contribution in [0.2, 0.25) is 0 Å². The maximum Gasteiger partial charge on any atom is 0.222 e. The molecule has 0 aromatic carbocycles. The lowest BCUT2D eigenvalue weighted by Crippen LogP contribution is -2.28. The standard InChI is InChI=1S/C14H21N5OS/c1-11(19-8-5-15-12(19)2)10-13(20)16-6-9-21-14-17-4-7-18(14)3/h4-5,7-8,11H,6,9-10H2,1-3H3,(H,16,20)/t11-/m0/s1. The first-order valence-electron chi connectivity index (χ1n) is 6.94. The highest BCUT2D eigenvalue weighted by Crippen LogP contribution is 2.14. The fraction of sp³-hybridized carbons (Fsp3) is 0.500. The lowest BCUT2D eigenvalue weighted by atomic mass is 10.2. The fourth-order valence-corrected chi connectivity index (χ4v) is 2.90. The molecule has 0 aliphatic heterocycles. The maximum atomic E-state index is 11.9. The molecule has 0 spiro atoms. The number of carbonyl (C=O) groups excluding carboxylic acids is 1. The second-order valence-corrected chi connectivity index (χ2v) is 6.02. The van der Waals surface area contributed by atoms with Crippen LogP contribution >= 0.6 is 11.8 Å². The van der Waals surface area contributed by atoms with Gasteiger partial charge in [0.15, 0.2) is 5.16 Å². The molecule has 0 unspecified atom stereocenters. The van der Waals surface area contributed by atoms with E-state index in [-0.39, 0.29) is 11.9 Å². The summed E-state index contributed by atoms with van der Waals surface area (Å²) in [6, 6.07) is 0.120. The predicted molar refractivity (Wildman–Crippen MR) is 83.2 cm³/mol. The molecule has 2 aromatic heterocycles. The average Bonchev–Trinajstić information content (AvgIpc) is 3.03. The molecule has 1 N–H and O–H groups in total. The van der Waals surface area contributed by atoms with Crippen molar-refractivity contribution in [3.05, 3.63) is 30.6 Å². The summed E-state index contributed by atoms with van der Waals surface area (Å²) in [5, 5.41) is 3.91. The first kappa shape index (κ1) is 15.6. The van der Waals surface area contributed by atoms with Gasteiger partial charge in [0.05, 0.1) is 0 Å². The molecule has 0 fully saturated rings. The summed E-state index contributed by atoms with van der Waals surface area (Å²) in [6.45, 7) is 4.61. The number of nitrogens with zero attached hydrogens (tertiary/aromatic N) is 4. The molecule has 2 aromatic rings. The molecule has 114 valence electrons. The van der Waals surface area contributed by atoms with Crippen molar-refractivity contribution in [3.8, 4) is 0 Å². The highest BCUT2D eigenvalue weighted by atomic mass is 32.2. The van der Waals surface area contributed by atoms with Crippen LogP contribution in [0.5, 0.6) is 0 Å². The zero-order valence-corrected chi connectivity index (χ0v) is 13.4. The third-order valence-electron chi connectivity index (χ3n) is 3.25. The van der Waals surface area contributed by atoms with Gasteiger partial charge in [-0.05, 0) is 13.8 Å². The van der Waals surface area contributed by atoms with Crippen molar-refractivity contribution < 1.29 is 4.79 Å². The van der Waals surface area contributed by atoms with E-state index in [4.69, 9.17) is 0 Å². The first-order chi connectivity index (χ1) is 10.1. The van der Waals surface area contributed by atoms with Gasteiger partial charge in [0.2, 0.25) is 5.91 Å². The molecule has 21 heavy (non-hydrogen) atoms. The van der Waals surface area contributed by atoms with Crippen molar-refractivity contribution in [1.82, 2.24) is 24.4 Å². The van der Waals surface area contributed by atoms with Gasteiger partial charge in [-0.25, -0.2) is 9.97 Å². The van der Waals surface area contributed by atoms with Gasteiger partial charge in [-0.2, -0.15) is 0 Å². The zero-order valence-electron chi connectivity index (χ0n) is 12.6. The van der Waals surface area contributed by atoms with E-state index in [1.165, 1.54) is 0 Å². The molecule has 1 amide bonds. The highest BCUT2D eigenvalue weighted by molar-refractivity contribution is 7.99. The average molecular weight is 307 g/mol. The number of amides is 1. The van der Waals surface area contributed by atoms with Crippen LogP contribution in [0.15, 0.2) is 29.9 Å². The molecule has 0 saturated carbocycles. The summed E-state index contributed by atoms with van der Waals surface area (Å²) in [5.74, 6) is 1.81. The monoisotopic (exact) mass is 307 g/mol. The number of aryl methyl sites for hydroxylation is 2. The Morgan fingerprint density at radius 1 is 1.38 bits per heavy atom. The minimum absolute atomic E-state index is 0.0658. The Kier molecular flexibility index (Phi) is 5.44.